The molecule has 1 aromatic rings. The van der Waals surface area contributed by atoms with E-state index < -0.39 is 0 Å². The number of hydrogen-bond acceptors (Lipinski definition) is 2. The minimum atomic E-state index is -0.242. The van der Waals surface area contributed by atoms with Crippen molar-refractivity contribution in [3.63, 3.8) is 0 Å². The quantitative estimate of drug-likeness (QED) is 0.632. The molecule has 0 bridgehead atoms. The number of hydrogen-bond donors (Lipinski definition) is 0. The molecule has 1 rings (SSSR count). The molecule has 1 radical (unpaired) electrons. The van der Waals surface area contributed by atoms with Gasteiger partial charge in [-0.3, -0.25) is 4.79 Å². The van der Waals surface area contributed by atoms with E-state index in [0.29, 0.717) is 12.8 Å². The van der Waals surface area contributed by atoms with Gasteiger partial charge in [0.2, 0.25) is 5.91 Å². The molecular weight excluding hydrogens is 303 g/mol. The van der Waals surface area contributed by atoms with E-state index in [1.54, 1.807) is 0 Å². The maximum atomic E-state index is 10.5. The third-order valence-electron chi connectivity index (χ3n) is 1.68. The van der Waals surface area contributed by atoms with Crippen LogP contribution in [0.1, 0.15) is 26.2 Å². The fourth-order valence-corrected chi connectivity index (χ4v) is 0.841. The van der Waals surface area contributed by atoms with E-state index in [0.717, 1.165) is 0 Å². The molecule has 0 aliphatic heterocycles. The Morgan fingerprint density at radius 2 is 1.89 bits per heavy atom. The second kappa shape index (κ2) is 14.4. The van der Waals surface area contributed by atoms with Crippen molar-refractivity contribution in [3.05, 3.63) is 43.3 Å². The smallest absolute Gasteiger partial charge is 0.215 e. The molecule has 0 aliphatic rings. The average molecular weight is 320 g/mol. The van der Waals surface area contributed by atoms with Gasteiger partial charge >= 0.3 is 0 Å². The minimum absolute atomic E-state index is 0. The molecule has 18 heavy (non-hydrogen) atoms. The second-order valence-corrected chi connectivity index (χ2v) is 3.27. The van der Waals surface area contributed by atoms with Gasteiger partial charge in [-0.05, 0) is 13.3 Å². The van der Waals surface area contributed by atoms with E-state index in [1.807, 2.05) is 30.3 Å². The van der Waals surface area contributed by atoms with Crippen molar-refractivity contribution in [3.8, 4) is 0 Å². The van der Waals surface area contributed by atoms with Gasteiger partial charge in [-0.25, -0.2) is 4.99 Å². The SMILES string of the molecule is [CH2-]CC(=O)N=CCCC(C)=O.[Y].[c-]1ccccc1. The van der Waals surface area contributed by atoms with Gasteiger partial charge < -0.3 is 11.7 Å². The summed E-state index contributed by atoms with van der Waals surface area (Å²) < 4.78 is 0. The minimum Gasteiger partial charge on any atom is -0.334 e. The first-order chi connectivity index (χ1) is 8.16. The average Bonchev–Trinajstić information content (AvgIpc) is 2.37. The summed E-state index contributed by atoms with van der Waals surface area (Å²) in [6.45, 7) is 4.88. The van der Waals surface area contributed by atoms with E-state index >= 15 is 0 Å². The standard InChI is InChI=1S/C8H12NO2.C6H5.Y/c1-3-8(11)9-6-4-5-7(2)10;1-2-4-6-5-3-1;/h6H,1,3-5H2,2H3;1-5H;/q2*-1;. The molecule has 0 fully saturated rings. The first-order valence-electron chi connectivity index (χ1n) is 5.42. The molecule has 0 unspecified atom stereocenters. The van der Waals surface area contributed by atoms with E-state index in [4.69, 9.17) is 0 Å². The number of ketones is 1. The summed E-state index contributed by atoms with van der Waals surface area (Å²) >= 11 is 0. The number of carbonyl (C=O) groups is 2. The number of aliphatic imine (C=N–C) groups is 1. The molecule has 0 saturated carbocycles. The van der Waals surface area contributed by atoms with Crippen LogP contribution in [0.4, 0.5) is 0 Å². The molecule has 0 atom stereocenters. The van der Waals surface area contributed by atoms with Crippen LogP contribution < -0.4 is 0 Å². The van der Waals surface area contributed by atoms with Crippen LogP contribution in [-0.4, -0.2) is 17.9 Å². The second-order valence-electron chi connectivity index (χ2n) is 3.27. The Labute approximate surface area is 134 Å². The molecule has 0 heterocycles. The molecule has 0 aromatic heterocycles. The summed E-state index contributed by atoms with van der Waals surface area (Å²) in [5, 5.41) is 0. The largest absolute Gasteiger partial charge is 0.334 e. The molecular formula is C14H17NO2Y-2. The first-order valence-corrected chi connectivity index (χ1v) is 5.42. The number of benzene rings is 1. The van der Waals surface area contributed by atoms with E-state index in [2.05, 4.69) is 18.0 Å². The molecule has 3 nitrogen and oxygen atoms in total. The number of nitrogens with zero attached hydrogens (tertiary/aromatic N) is 1. The van der Waals surface area contributed by atoms with Crippen molar-refractivity contribution >= 4 is 17.9 Å². The number of carbonyl (C=O) groups excluding carboxylic acids is 2. The number of Topliss-reactive ketones (excluding diaryl/α,β-unsaturated/α-hetero) is 1. The van der Waals surface area contributed by atoms with Crippen LogP contribution in [0.25, 0.3) is 0 Å². The Kier molecular flexibility index (Phi) is 15.7. The van der Waals surface area contributed by atoms with Crippen molar-refractivity contribution in [1.82, 2.24) is 0 Å². The van der Waals surface area contributed by atoms with E-state index in [9.17, 15) is 9.59 Å². The van der Waals surface area contributed by atoms with Crippen LogP contribution in [0.2, 0.25) is 0 Å². The molecule has 0 aliphatic carbocycles. The maximum Gasteiger partial charge on any atom is 0.215 e. The van der Waals surface area contributed by atoms with Gasteiger partial charge in [0.1, 0.15) is 5.78 Å². The third-order valence-corrected chi connectivity index (χ3v) is 1.68. The molecule has 0 saturated heterocycles. The monoisotopic (exact) mass is 320 g/mol. The van der Waals surface area contributed by atoms with Gasteiger partial charge in [0.25, 0.3) is 0 Å². The van der Waals surface area contributed by atoms with Gasteiger partial charge in [-0.1, -0.05) is 6.42 Å². The summed E-state index contributed by atoms with van der Waals surface area (Å²) in [4.78, 5) is 24.4. The van der Waals surface area contributed by atoms with Crippen LogP contribution in [0.15, 0.2) is 35.3 Å². The van der Waals surface area contributed by atoms with Crippen LogP contribution in [0, 0.1) is 13.0 Å². The fraction of sp³-hybridized carbons (Fsp3) is 0.286. The van der Waals surface area contributed by atoms with E-state index in [-0.39, 0.29) is 50.8 Å². The summed E-state index contributed by atoms with van der Waals surface area (Å²) in [5.41, 5.74) is 0. The summed E-state index contributed by atoms with van der Waals surface area (Å²) in [6, 6.07) is 12.5. The molecule has 1 aromatic carbocycles. The van der Waals surface area contributed by atoms with Crippen LogP contribution in [-0.2, 0) is 42.3 Å². The predicted octanol–water partition coefficient (Wildman–Crippen LogP) is 2.66. The van der Waals surface area contributed by atoms with Crippen molar-refractivity contribution in [2.75, 3.05) is 0 Å². The fourth-order valence-electron chi connectivity index (χ4n) is 0.841. The summed E-state index contributed by atoms with van der Waals surface area (Å²) in [7, 11) is 0. The van der Waals surface area contributed by atoms with Gasteiger partial charge in [0, 0.05) is 45.3 Å². The van der Waals surface area contributed by atoms with Crippen molar-refractivity contribution in [1.29, 1.82) is 0 Å². The maximum absolute atomic E-state index is 10.5. The normalized spacial score (nSPS) is 9.00. The Morgan fingerprint density at radius 1 is 1.28 bits per heavy atom. The van der Waals surface area contributed by atoms with Crippen molar-refractivity contribution in [2.45, 2.75) is 26.2 Å². The molecule has 95 valence electrons. The van der Waals surface area contributed by atoms with Gasteiger partial charge in [-0.15, -0.1) is 0 Å². The molecule has 0 N–H and O–H groups in total. The molecule has 1 amide bonds. The zero-order chi connectivity index (χ0) is 12.9. The van der Waals surface area contributed by atoms with Crippen LogP contribution >= 0.6 is 0 Å². The Morgan fingerprint density at radius 3 is 2.22 bits per heavy atom. The summed E-state index contributed by atoms with van der Waals surface area (Å²) in [6.07, 6.45) is 2.64. The third kappa shape index (κ3) is 15.3. The van der Waals surface area contributed by atoms with Gasteiger partial charge in [0.15, 0.2) is 0 Å². The Bertz CT molecular complexity index is 323. The van der Waals surface area contributed by atoms with E-state index in [1.165, 1.54) is 13.1 Å². The van der Waals surface area contributed by atoms with Gasteiger partial charge in [-0.2, -0.15) is 36.4 Å². The topological polar surface area (TPSA) is 46.5 Å². The van der Waals surface area contributed by atoms with Gasteiger partial charge in [0.05, 0.1) is 0 Å². The van der Waals surface area contributed by atoms with Crippen molar-refractivity contribution < 1.29 is 42.3 Å². The first kappa shape index (κ1) is 19.7. The zero-order valence-corrected chi connectivity index (χ0v) is 13.5. The number of amides is 1. The Balaban J connectivity index is 0. The van der Waals surface area contributed by atoms with Crippen LogP contribution in [0.5, 0.6) is 0 Å². The predicted molar refractivity (Wildman–Crippen MR) is 68.7 cm³/mol. The molecule has 0 spiro atoms. The Hall–Kier alpha value is -0.666. The molecule has 4 heteroatoms. The summed E-state index contributed by atoms with van der Waals surface area (Å²) in [5.74, 6) is -0.132. The zero-order valence-electron chi connectivity index (χ0n) is 10.6. The van der Waals surface area contributed by atoms with Crippen LogP contribution in [0.3, 0.4) is 0 Å². The van der Waals surface area contributed by atoms with Crippen molar-refractivity contribution in [2.24, 2.45) is 4.99 Å². The number of rotatable bonds is 4.